The molecule has 0 unspecified atom stereocenters. The molecule has 4 heteroatoms. The zero-order valence-electron chi connectivity index (χ0n) is 4.29. The van der Waals surface area contributed by atoms with Crippen molar-refractivity contribution in [2.24, 2.45) is 0 Å². The summed E-state index contributed by atoms with van der Waals surface area (Å²) in [6.07, 6.45) is 0. The highest BCUT2D eigenvalue weighted by atomic mass is 127. The van der Waals surface area contributed by atoms with Gasteiger partial charge in [0.05, 0.1) is 0 Å². The van der Waals surface area contributed by atoms with Crippen molar-refractivity contribution in [2.45, 2.75) is 13.1 Å². The molecular weight excluding hydrogens is 223 g/mol. The molecule has 0 saturated heterocycles. The lowest BCUT2D eigenvalue weighted by Crippen LogP contribution is -2.18. The van der Waals surface area contributed by atoms with Crippen molar-refractivity contribution < 1.29 is 4.12 Å². The van der Waals surface area contributed by atoms with Crippen molar-refractivity contribution in [3.8, 4) is 0 Å². The van der Waals surface area contributed by atoms with E-state index in [0.29, 0.717) is 0 Å². The topological polar surface area (TPSA) is 9.23 Å². The van der Waals surface area contributed by atoms with Gasteiger partial charge in [0.25, 0.3) is 0 Å². The smallest absolute Gasteiger partial charge is 0.241 e. The molecule has 0 aromatic carbocycles. The van der Waals surface area contributed by atoms with Gasteiger partial charge in [-0.2, -0.15) is 0 Å². The van der Waals surface area contributed by atoms with Gasteiger partial charge in [0.2, 0.25) is 5.81 Å². The molecule has 0 aliphatic carbocycles. The van der Waals surface area contributed by atoms with Crippen LogP contribution in [0.15, 0.2) is 0 Å². The van der Waals surface area contributed by atoms with E-state index in [1.165, 1.54) is 0 Å². The SMILES string of the molecule is C[Si](C)(I)O[SiH3]. The normalized spacial score (nSPS) is 12.5. The van der Waals surface area contributed by atoms with Crippen LogP contribution < -0.4 is 0 Å². The highest BCUT2D eigenvalue weighted by molar-refractivity contribution is 14.1. The largest absolute Gasteiger partial charge is 0.457 e. The predicted molar refractivity (Wildman–Crippen MR) is 42.5 cm³/mol. The molecule has 0 rings (SSSR count). The maximum absolute atomic E-state index is 5.20. The van der Waals surface area contributed by atoms with Crippen LogP contribution in [0.4, 0.5) is 0 Å². The lowest BCUT2D eigenvalue weighted by Gasteiger charge is -2.08. The Hall–Kier alpha value is 1.12. The average Bonchev–Trinajstić information content (AvgIpc) is 1.35. The van der Waals surface area contributed by atoms with Gasteiger partial charge >= 0.3 is 0 Å². The molecule has 0 saturated carbocycles. The van der Waals surface area contributed by atoms with Gasteiger partial charge in [-0.15, -0.1) is 0 Å². The van der Waals surface area contributed by atoms with Crippen LogP contribution in [0.3, 0.4) is 0 Å². The Labute approximate surface area is 55.4 Å². The molecule has 0 bridgehead atoms. The van der Waals surface area contributed by atoms with Crippen molar-refractivity contribution >= 4 is 38.1 Å². The molecule has 0 N–H and O–H groups in total. The van der Waals surface area contributed by atoms with Gasteiger partial charge in [-0.3, -0.25) is 0 Å². The first-order valence-corrected chi connectivity index (χ1v) is 8.64. The van der Waals surface area contributed by atoms with Gasteiger partial charge in [-0.25, -0.2) is 0 Å². The zero-order chi connectivity index (χ0) is 5.21. The van der Waals surface area contributed by atoms with Crippen LogP contribution in [0.25, 0.3) is 0 Å². The van der Waals surface area contributed by atoms with E-state index < -0.39 is 5.81 Å². The van der Waals surface area contributed by atoms with Crippen molar-refractivity contribution in [2.75, 3.05) is 0 Å². The highest BCUT2D eigenvalue weighted by Crippen LogP contribution is 2.09. The molecule has 0 amide bonds. The summed E-state index contributed by atoms with van der Waals surface area (Å²) >= 11 is 2.39. The second-order valence-corrected chi connectivity index (χ2v) is 13.7. The summed E-state index contributed by atoms with van der Waals surface area (Å²) in [5.41, 5.74) is 0. The monoisotopic (exact) mass is 232 g/mol. The summed E-state index contributed by atoms with van der Waals surface area (Å²) in [6, 6.07) is 0. The standard InChI is InChI=1S/C2H9IOSi2/c1-6(2,3)4-5/h1-2,5H3. The van der Waals surface area contributed by atoms with E-state index in [1.807, 2.05) is 0 Å². The number of halogens is 1. The van der Waals surface area contributed by atoms with Crippen LogP contribution >= 0.6 is 21.8 Å². The molecule has 0 heterocycles. The molecule has 1 nitrogen and oxygen atoms in total. The van der Waals surface area contributed by atoms with E-state index >= 15 is 0 Å². The maximum atomic E-state index is 5.20. The number of hydrogen-bond donors (Lipinski definition) is 0. The van der Waals surface area contributed by atoms with Crippen LogP contribution in [0, 0.1) is 0 Å². The molecule has 0 aliphatic rings. The third-order valence-electron chi connectivity index (χ3n) is 0.485. The third kappa shape index (κ3) is 5.12. The predicted octanol–water partition coefficient (Wildman–Crippen LogP) is 0.420. The summed E-state index contributed by atoms with van der Waals surface area (Å²) < 4.78 is 5.20. The van der Waals surface area contributed by atoms with Gasteiger partial charge < -0.3 is 4.12 Å². The van der Waals surface area contributed by atoms with Gasteiger partial charge in [-0.05, 0) is 13.1 Å². The molecule has 6 heavy (non-hydrogen) atoms. The van der Waals surface area contributed by atoms with Crippen LogP contribution in [0.5, 0.6) is 0 Å². The molecule has 0 atom stereocenters. The molecule has 0 fully saturated rings. The Morgan fingerprint density at radius 2 is 1.83 bits per heavy atom. The van der Waals surface area contributed by atoms with Gasteiger partial charge in [0.15, 0.2) is 0 Å². The Bertz CT molecular complexity index is 41.3. The van der Waals surface area contributed by atoms with Crippen molar-refractivity contribution in [1.29, 1.82) is 0 Å². The Morgan fingerprint density at radius 3 is 1.83 bits per heavy atom. The summed E-state index contributed by atoms with van der Waals surface area (Å²) in [5, 5.41) is 0. The average molecular weight is 232 g/mol. The third-order valence-corrected chi connectivity index (χ3v) is 8.33. The van der Waals surface area contributed by atoms with E-state index in [0.717, 1.165) is 10.5 Å². The minimum absolute atomic E-state index is 0.902. The lowest BCUT2D eigenvalue weighted by molar-refractivity contribution is 0.644. The second kappa shape index (κ2) is 2.44. The summed E-state index contributed by atoms with van der Waals surface area (Å²) in [5.74, 6) is -1.10. The highest BCUT2D eigenvalue weighted by Gasteiger charge is 2.11. The lowest BCUT2D eigenvalue weighted by atomic mass is 11.9. The molecule has 0 spiro atoms. The van der Waals surface area contributed by atoms with Crippen LogP contribution in [0.1, 0.15) is 0 Å². The van der Waals surface area contributed by atoms with Crippen LogP contribution in [-0.2, 0) is 4.12 Å². The van der Waals surface area contributed by atoms with Crippen molar-refractivity contribution in [3.63, 3.8) is 0 Å². The molecule has 38 valence electrons. The first kappa shape index (κ1) is 7.12. The first-order valence-electron chi connectivity index (χ1n) is 1.80. The summed E-state index contributed by atoms with van der Waals surface area (Å²) in [6.45, 7) is 4.36. The fraction of sp³-hybridized carbons (Fsp3) is 1.00. The van der Waals surface area contributed by atoms with Crippen LogP contribution in [0.2, 0.25) is 13.1 Å². The second-order valence-electron chi connectivity index (χ2n) is 1.57. The Balaban J connectivity index is 3.17. The maximum Gasteiger partial charge on any atom is 0.241 e. The zero-order valence-corrected chi connectivity index (χ0v) is 9.44. The van der Waals surface area contributed by atoms with Gasteiger partial charge in [-0.1, -0.05) is 21.8 Å². The molecule has 0 aromatic rings. The molecule has 0 aromatic heterocycles. The minimum atomic E-state index is -1.10. The van der Waals surface area contributed by atoms with Gasteiger partial charge in [0, 0.05) is 0 Å². The molecular formula is C2H9IOSi2. The van der Waals surface area contributed by atoms with E-state index in [2.05, 4.69) is 34.9 Å². The minimum Gasteiger partial charge on any atom is -0.457 e. The fourth-order valence-electron chi connectivity index (χ4n) is 0. The fourth-order valence-corrected chi connectivity index (χ4v) is 0. The van der Waals surface area contributed by atoms with E-state index in [1.54, 1.807) is 0 Å². The number of hydrogen-bond acceptors (Lipinski definition) is 1. The first-order chi connectivity index (χ1) is 2.56. The molecule has 0 radical (unpaired) electrons. The van der Waals surface area contributed by atoms with E-state index in [-0.39, 0.29) is 0 Å². The van der Waals surface area contributed by atoms with Crippen molar-refractivity contribution in [3.05, 3.63) is 0 Å². The van der Waals surface area contributed by atoms with E-state index in [9.17, 15) is 0 Å². The quantitative estimate of drug-likeness (QED) is 0.362. The Morgan fingerprint density at radius 1 is 1.67 bits per heavy atom. The van der Waals surface area contributed by atoms with E-state index in [4.69, 9.17) is 4.12 Å². The van der Waals surface area contributed by atoms with Crippen molar-refractivity contribution in [1.82, 2.24) is 0 Å². The summed E-state index contributed by atoms with van der Waals surface area (Å²) in [4.78, 5) is 0. The number of rotatable bonds is 1. The Kier molecular flexibility index (Phi) is 2.89. The van der Waals surface area contributed by atoms with Crippen LogP contribution in [-0.4, -0.2) is 16.3 Å². The van der Waals surface area contributed by atoms with Gasteiger partial charge in [0.1, 0.15) is 10.5 Å². The summed E-state index contributed by atoms with van der Waals surface area (Å²) in [7, 11) is 0.902. The molecule has 0 aliphatic heterocycles.